The number of aryl methyl sites for hydroxylation is 3. The van der Waals surface area contributed by atoms with Crippen LogP contribution in [0.4, 0.5) is 0 Å². The van der Waals surface area contributed by atoms with Gasteiger partial charge in [0.2, 0.25) is 0 Å². The SMILES string of the molecule is C=C(CCN1C(=C)c2ccccc2C1=O)N[C@@H](Cc1ccccc1)C(O)CN(CCc1ccc(O)cc1C)C(=C)CCc1ccc(O)c(C)c1. The van der Waals surface area contributed by atoms with Gasteiger partial charge < -0.3 is 30.4 Å². The molecule has 0 spiro atoms. The highest BCUT2D eigenvalue weighted by Gasteiger charge is 2.30. The zero-order valence-corrected chi connectivity index (χ0v) is 29.2. The molecule has 0 saturated carbocycles. The van der Waals surface area contributed by atoms with Crippen LogP contribution in [0.2, 0.25) is 0 Å². The van der Waals surface area contributed by atoms with Gasteiger partial charge in [-0.3, -0.25) is 4.79 Å². The third-order valence-electron chi connectivity index (χ3n) is 9.62. The van der Waals surface area contributed by atoms with Crippen LogP contribution in [0.5, 0.6) is 11.5 Å². The van der Waals surface area contributed by atoms with Gasteiger partial charge in [0.15, 0.2) is 0 Å². The number of phenolic OH excluding ortho intramolecular Hbond substituents is 2. The summed E-state index contributed by atoms with van der Waals surface area (Å²) in [5, 5.41) is 35.4. The van der Waals surface area contributed by atoms with E-state index >= 15 is 0 Å². The highest BCUT2D eigenvalue weighted by atomic mass is 16.3. The summed E-state index contributed by atoms with van der Waals surface area (Å²) in [5.74, 6) is 0.465. The van der Waals surface area contributed by atoms with Gasteiger partial charge in [-0.15, -0.1) is 0 Å². The number of benzene rings is 4. The minimum atomic E-state index is -0.784. The van der Waals surface area contributed by atoms with Crippen molar-refractivity contribution in [2.45, 2.75) is 58.1 Å². The first kappa shape index (κ1) is 36.0. The molecular weight excluding hydrogens is 622 g/mol. The standard InChI is InChI=1S/C43H49N3O4/c1-29-26-37(47)19-18-36(29)22-23-45(32(4)15-16-35-17-20-41(48)30(2)25-35)28-42(49)40(27-34-11-7-6-8-12-34)44-31(3)21-24-46-33(5)38-13-9-10-14-39(38)43(46)50/h6-14,17-20,25-26,40,42,44,47-49H,3-5,15-16,21-24,27-28H2,1-2H3/t40-,42?/m0/s1. The van der Waals surface area contributed by atoms with Gasteiger partial charge in [-0.25, -0.2) is 0 Å². The van der Waals surface area contributed by atoms with Crippen molar-refractivity contribution in [3.63, 3.8) is 0 Å². The molecule has 0 aromatic heterocycles. The van der Waals surface area contributed by atoms with Crippen molar-refractivity contribution in [2.24, 2.45) is 0 Å². The maximum Gasteiger partial charge on any atom is 0.258 e. The number of aromatic hydroxyl groups is 2. The van der Waals surface area contributed by atoms with E-state index in [0.717, 1.165) is 57.6 Å². The Kier molecular flexibility index (Phi) is 11.8. The minimum Gasteiger partial charge on any atom is -0.508 e. The number of nitrogens with zero attached hydrogens (tertiary/aromatic N) is 2. The van der Waals surface area contributed by atoms with Gasteiger partial charge in [-0.1, -0.05) is 86.5 Å². The van der Waals surface area contributed by atoms with Gasteiger partial charge in [-0.05, 0) is 91.6 Å². The Morgan fingerprint density at radius 3 is 2.26 bits per heavy atom. The van der Waals surface area contributed by atoms with Crippen molar-refractivity contribution in [2.75, 3.05) is 19.6 Å². The highest BCUT2D eigenvalue weighted by Crippen LogP contribution is 2.31. The fraction of sp³-hybridized carbons (Fsp3) is 0.279. The number of aliphatic hydroxyl groups is 1. The summed E-state index contributed by atoms with van der Waals surface area (Å²) in [6, 6.07) is 28.3. The predicted octanol–water partition coefficient (Wildman–Crippen LogP) is 7.30. The molecule has 5 rings (SSSR count). The van der Waals surface area contributed by atoms with E-state index in [9.17, 15) is 20.1 Å². The van der Waals surface area contributed by atoms with Crippen molar-refractivity contribution >= 4 is 11.6 Å². The van der Waals surface area contributed by atoms with Gasteiger partial charge in [0.25, 0.3) is 5.91 Å². The fourth-order valence-corrected chi connectivity index (χ4v) is 6.57. The zero-order valence-electron chi connectivity index (χ0n) is 29.2. The number of carbonyl (C=O) groups is 1. The number of hydrogen-bond acceptors (Lipinski definition) is 6. The number of hydrogen-bond donors (Lipinski definition) is 4. The van der Waals surface area contributed by atoms with Crippen LogP contribution >= 0.6 is 0 Å². The largest absolute Gasteiger partial charge is 0.508 e. The first-order chi connectivity index (χ1) is 24.0. The van der Waals surface area contributed by atoms with E-state index in [1.54, 1.807) is 23.1 Å². The molecule has 0 bridgehead atoms. The quantitative estimate of drug-likeness (QED) is 0.0942. The average Bonchev–Trinajstić information content (AvgIpc) is 3.35. The summed E-state index contributed by atoms with van der Waals surface area (Å²) in [6.07, 6.45) is 2.44. The lowest BCUT2D eigenvalue weighted by Gasteiger charge is -2.34. The van der Waals surface area contributed by atoms with E-state index in [1.165, 1.54) is 0 Å². The molecule has 7 heteroatoms. The van der Waals surface area contributed by atoms with Gasteiger partial charge in [-0.2, -0.15) is 0 Å². The third-order valence-corrected chi connectivity index (χ3v) is 9.62. The van der Waals surface area contributed by atoms with Gasteiger partial charge in [0.1, 0.15) is 11.5 Å². The molecule has 4 aromatic rings. The molecule has 7 nitrogen and oxygen atoms in total. The van der Waals surface area contributed by atoms with Crippen LogP contribution in [-0.2, 0) is 19.3 Å². The Hall–Kier alpha value is -5.27. The zero-order chi connectivity index (χ0) is 35.8. The molecule has 1 aliphatic heterocycles. The topological polar surface area (TPSA) is 96.3 Å². The lowest BCUT2D eigenvalue weighted by Crippen LogP contribution is -2.47. The van der Waals surface area contributed by atoms with Crippen molar-refractivity contribution in [3.8, 4) is 11.5 Å². The number of fused-ring (bicyclic) bond motifs is 1. The second kappa shape index (κ2) is 16.4. The maximum absolute atomic E-state index is 13.1. The second-order valence-electron chi connectivity index (χ2n) is 13.3. The maximum atomic E-state index is 13.1. The Balaban J connectivity index is 1.29. The van der Waals surface area contributed by atoms with Crippen LogP contribution in [0.1, 0.15) is 56.6 Å². The number of phenols is 2. The van der Waals surface area contributed by atoms with Crippen LogP contribution in [0, 0.1) is 13.8 Å². The molecule has 0 fully saturated rings. The lowest BCUT2D eigenvalue weighted by molar-refractivity contribution is 0.0845. The number of nitrogens with one attached hydrogen (secondary N) is 1. The number of aliphatic hydroxyl groups excluding tert-OH is 1. The monoisotopic (exact) mass is 671 g/mol. The predicted molar refractivity (Wildman–Crippen MR) is 202 cm³/mol. The first-order valence-corrected chi connectivity index (χ1v) is 17.3. The second-order valence-corrected chi connectivity index (χ2v) is 13.3. The molecule has 0 radical (unpaired) electrons. The van der Waals surface area contributed by atoms with Crippen molar-refractivity contribution in [3.05, 3.63) is 161 Å². The van der Waals surface area contributed by atoms with E-state index < -0.39 is 6.10 Å². The Labute approximate surface area is 296 Å². The Bertz CT molecular complexity index is 1820. The van der Waals surface area contributed by atoms with Crippen LogP contribution < -0.4 is 5.32 Å². The van der Waals surface area contributed by atoms with E-state index in [2.05, 4.69) is 42.1 Å². The first-order valence-electron chi connectivity index (χ1n) is 17.3. The summed E-state index contributed by atoms with van der Waals surface area (Å²) in [6.45, 7) is 18.2. The summed E-state index contributed by atoms with van der Waals surface area (Å²) >= 11 is 0. The summed E-state index contributed by atoms with van der Waals surface area (Å²) in [5.41, 5.74) is 9.02. The summed E-state index contributed by atoms with van der Waals surface area (Å²) in [4.78, 5) is 17.0. The van der Waals surface area contributed by atoms with E-state index in [4.69, 9.17) is 0 Å². The summed E-state index contributed by atoms with van der Waals surface area (Å²) in [7, 11) is 0. The molecule has 0 aliphatic carbocycles. The molecule has 1 unspecified atom stereocenters. The molecule has 2 atom stereocenters. The van der Waals surface area contributed by atoms with Crippen LogP contribution in [-0.4, -0.2) is 62.8 Å². The number of carbonyl (C=O) groups excluding carboxylic acids is 1. The van der Waals surface area contributed by atoms with Gasteiger partial charge in [0.05, 0.1) is 12.1 Å². The molecule has 260 valence electrons. The number of allylic oxidation sites excluding steroid dienone is 1. The van der Waals surface area contributed by atoms with Crippen LogP contribution in [0.15, 0.2) is 122 Å². The van der Waals surface area contributed by atoms with Crippen molar-refractivity contribution in [1.82, 2.24) is 15.1 Å². The minimum absolute atomic E-state index is 0.0558. The average molecular weight is 672 g/mol. The smallest absolute Gasteiger partial charge is 0.258 e. The third kappa shape index (κ3) is 9.04. The molecule has 50 heavy (non-hydrogen) atoms. The van der Waals surface area contributed by atoms with E-state index in [0.29, 0.717) is 50.2 Å². The Morgan fingerprint density at radius 2 is 1.56 bits per heavy atom. The molecular formula is C43H49N3O4. The van der Waals surface area contributed by atoms with Gasteiger partial charge >= 0.3 is 0 Å². The van der Waals surface area contributed by atoms with Crippen LogP contribution in [0.3, 0.4) is 0 Å². The molecule has 1 amide bonds. The molecule has 0 saturated heterocycles. The number of rotatable bonds is 17. The van der Waals surface area contributed by atoms with E-state index in [-0.39, 0.29) is 23.4 Å². The Morgan fingerprint density at radius 1 is 0.840 bits per heavy atom. The fourth-order valence-electron chi connectivity index (χ4n) is 6.57. The number of amides is 1. The normalized spacial score (nSPS) is 13.5. The molecule has 1 heterocycles. The molecule has 1 aliphatic rings. The van der Waals surface area contributed by atoms with E-state index in [1.807, 2.05) is 74.5 Å². The van der Waals surface area contributed by atoms with Crippen molar-refractivity contribution in [1.29, 1.82) is 0 Å². The molecule has 4 N–H and O–H groups in total. The van der Waals surface area contributed by atoms with Crippen LogP contribution in [0.25, 0.3) is 5.70 Å². The van der Waals surface area contributed by atoms with Crippen molar-refractivity contribution < 1.29 is 20.1 Å². The summed E-state index contributed by atoms with van der Waals surface area (Å²) < 4.78 is 0. The lowest BCUT2D eigenvalue weighted by atomic mass is 9.99. The molecule has 4 aromatic carbocycles. The van der Waals surface area contributed by atoms with Gasteiger partial charge in [0, 0.05) is 54.3 Å². The highest BCUT2D eigenvalue weighted by molar-refractivity contribution is 6.08.